The van der Waals surface area contributed by atoms with Gasteiger partial charge in [-0.1, -0.05) is 13.0 Å². The van der Waals surface area contributed by atoms with Crippen molar-refractivity contribution >= 4 is 17.0 Å². The molecular formula is C13H16FN3S. The Labute approximate surface area is 110 Å². The minimum atomic E-state index is -0.364. The van der Waals surface area contributed by atoms with Crippen molar-refractivity contribution in [1.29, 1.82) is 0 Å². The number of hydrogen-bond acceptors (Lipinski definition) is 4. The summed E-state index contributed by atoms with van der Waals surface area (Å²) >= 11 is 1.71. The number of aromatic nitrogens is 1. The van der Waals surface area contributed by atoms with Crippen LogP contribution in [0.25, 0.3) is 0 Å². The molecule has 0 fully saturated rings. The second-order valence-electron chi connectivity index (χ2n) is 4.03. The fourth-order valence-corrected chi connectivity index (χ4v) is 2.42. The highest BCUT2D eigenvalue weighted by Crippen LogP contribution is 2.14. The molecule has 0 amide bonds. The Morgan fingerprint density at radius 2 is 2.22 bits per heavy atom. The number of benzene rings is 1. The van der Waals surface area contributed by atoms with Crippen molar-refractivity contribution in [3.05, 3.63) is 45.7 Å². The molecule has 18 heavy (non-hydrogen) atoms. The number of nitrogens with zero attached hydrogens (tertiary/aromatic N) is 1. The van der Waals surface area contributed by atoms with E-state index in [-0.39, 0.29) is 11.5 Å². The van der Waals surface area contributed by atoms with Crippen molar-refractivity contribution < 1.29 is 4.39 Å². The molecule has 2 rings (SSSR count). The van der Waals surface area contributed by atoms with Gasteiger partial charge in [0.05, 0.1) is 5.69 Å². The van der Waals surface area contributed by atoms with Gasteiger partial charge in [-0.25, -0.2) is 9.37 Å². The van der Waals surface area contributed by atoms with Gasteiger partial charge in [0.2, 0.25) is 0 Å². The van der Waals surface area contributed by atoms with Crippen LogP contribution in [0.3, 0.4) is 0 Å². The Hall–Kier alpha value is -1.46. The molecule has 0 unspecified atom stereocenters. The molecule has 1 aromatic heterocycles. The second kappa shape index (κ2) is 5.93. The predicted octanol–water partition coefficient (Wildman–Crippen LogP) is 2.72. The first-order valence-electron chi connectivity index (χ1n) is 5.87. The molecule has 1 heterocycles. The highest BCUT2D eigenvalue weighted by molar-refractivity contribution is 7.11. The van der Waals surface area contributed by atoms with E-state index in [0.717, 1.165) is 17.0 Å². The molecule has 5 heteroatoms. The van der Waals surface area contributed by atoms with Crippen LogP contribution < -0.4 is 11.1 Å². The number of halogens is 1. The second-order valence-corrected chi connectivity index (χ2v) is 5.23. The molecule has 96 valence electrons. The van der Waals surface area contributed by atoms with Gasteiger partial charge in [0.15, 0.2) is 0 Å². The highest BCUT2D eigenvalue weighted by atomic mass is 32.1. The number of thiazole rings is 1. The first-order chi connectivity index (χ1) is 8.69. The molecule has 0 aliphatic heterocycles. The van der Waals surface area contributed by atoms with Crippen LogP contribution in [0.4, 0.5) is 10.1 Å². The summed E-state index contributed by atoms with van der Waals surface area (Å²) in [6.07, 6.45) is 2.92. The van der Waals surface area contributed by atoms with Crippen LogP contribution in [0, 0.1) is 5.82 Å². The third-order valence-corrected chi connectivity index (χ3v) is 3.76. The summed E-state index contributed by atoms with van der Waals surface area (Å²) in [5.41, 5.74) is 6.49. The Morgan fingerprint density at radius 3 is 2.89 bits per heavy atom. The number of rotatable bonds is 5. The molecule has 0 saturated carbocycles. The number of nitrogens with two attached hydrogens (primary N) is 1. The Bertz CT molecular complexity index is 525. The zero-order chi connectivity index (χ0) is 13.0. The van der Waals surface area contributed by atoms with Crippen molar-refractivity contribution in [3.63, 3.8) is 0 Å². The molecular weight excluding hydrogens is 249 g/mol. The first kappa shape index (κ1) is 13.0. The third-order valence-electron chi connectivity index (χ3n) is 2.62. The molecule has 3 N–H and O–H groups in total. The maximum absolute atomic E-state index is 13.2. The first-order valence-corrected chi connectivity index (χ1v) is 6.69. The van der Waals surface area contributed by atoms with Gasteiger partial charge in [0, 0.05) is 24.2 Å². The van der Waals surface area contributed by atoms with E-state index < -0.39 is 0 Å². The molecule has 3 nitrogen and oxygen atoms in total. The van der Waals surface area contributed by atoms with E-state index in [1.807, 2.05) is 12.3 Å². The number of nitrogen functional groups attached to an aromatic ring is 1. The van der Waals surface area contributed by atoms with Crippen LogP contribution in [0.2, 0.25) is 0 Å². The van der Waals surface area contributed by atoms with Gasteiger partial charge < -0.3 is 11.1 Å². The Kier molecular flexibility index (Phi) is 4.28. The van der Waals surface area contributed by atoms with Crippen LogP contribution in [0.5, 0.6) is 0 Å². The van der Waals surface area contributed by atoms with Crippen molar-refractivity contribution in [2.45, 2.75) is 26.4 Å². The number of hydrogen-bond donors (Lipinski definition) is 2. The van der Waals surface area contributed by atoms with Gasteiger partial charge in [-0.3, -0.25) is 0 Å². The van der Waals surface area contributed by atoms with E-state index in [4.69, 9.17) is 5.73 Å². The van der Waals surface area contributed by atoms with Crippen LogP contribution in [0.1, 0.15) is 22.4 Å². The average molecular weight is 265 g/mol. The summed E-state index contributed by atoms with van der Waals surface area (Å²) < 4.78 is 13.2. The number of anilines is 1. The van der Waals surface area contributed by atoms with E-state index in [1.54, 1.807) is 17.4 Å². The van der Waals surface area contributed by atoms with Crippen molar-refractivity contribution in [2.75, 3.05) is 5.73 Å². The van der Waals surface area contributed by atoms with E-state index >= 15 is 0 Å². The number of nitrogens with one attached hydrogen (secondary N) is 1. The molecule has 1 aromatic carbocycles. The molecule has 0 bridgehead atoms. The van der Waals surface area contributed by atoms with Gasteiger partial charge in [-0.05, 0) is 24.1 Å². The SMILES string of the molecule is CCc1cnc(CNCc2ccc(N)c(F)c2)s1. The topological polar surface area (TPSA) is 50.9 Å². The average Bonchev–Trinajstić information content (AvgIpc) is 2.82. The molecule has 0 saturated heterocycles. The zero-order valence-electron chi connectivity index (χ0n) is 10.2. The van der Waals surface area contributed by atoms with Crippen LogP contribution in [0.15, 0.2) is 24.4 Å². The van der Waals surface area contributed by atoms with Crippen LogP contribution in [-0.2, 0) is 19.5 Å². The molecule has 0 spiro atoms. The smallest absolute Gasteiger partial charge is 0.146 e. The lowest BCUT2D eigenvalue weighted by Crippen LogP contribution is -2.12. The zero-order valence-corrected chi connectivity index (χ0v) is 11.1. The summed E-state index contributed by atoms with van der Waals surface area (Å²) in [7, 11) is 0. The van der Waals surface area contributed by atoms with E-state index in [2.05, 4.69) is 17.2 Å². The minimum absolute atomic E-state index is 0.186. The van der Waals surface area contributed by atoms with E-state index in [0.29, 0.717) is 13.1 Å². The van der Waals surface area contributed by atoms with Gasteiger partial charge in [0.25, 0.3) is 0 Å². The minimum Gasteiger partial charge on any atom is -0.396 e. The normalized spacial score (nSPS) is 10.8. The van der Waals surface area contributed by atoms with E-state index in [1.165, 1.54) is 10.9 Å². The summed E-state index contributed by atoms with van der Waals surface area (Å²) in [6.45, 7) is 3.43. The highest BCUT2D eigenvalue weighted by Gasteiger charge is 2.02. The standard InChI is InChI=1S/C13H16FN3S/c1-2-10-7-17-13(18-10)8-16-6-9-3-4-12(15)11(14)5-9/h3-5,7,16H,2,6,8,15H2,1H3. The van der Waals surface area contributed by atoms with Gasteiger partial charge >= 0.3 is 0 Å². The van der Waals surface area contributed by atoms with Crippen LogP contribution in [-0.4, -0.2) is 4.98 Å². The molecule has 0 aliphatic carbocycles. The lowest BCUT2D eigenvalue weighted by molar-refractivity contribution is 0.624. The fourth-order valence-electron chi connectivity index (χ4n) is 1.59. The molecule has 0 atom stereocenters. The largest absolute Gasteiger partial charge is 0.396 e. The van der Waals surface area contributed by atoms with Crippen molar-refractivity contribution in [3.8, 4) is 0 Å². The maximum atomic E-state index is 13.2. The molecule has 2 aromatic rings. The lowest BCUT2D eigenvalue weighted by atomic mass is 10.2. The van der Waals surface area contributed by atoms with Gasteiger partial charge in [0.1, 0.15) is 10.8 Å². The number of aryl methyl sites for hydroxylation is 1. The van der Waals surface area contributed by atoms with Crippen molar-refractivity contribution in [2.24, 2.45) is 0 Å². The van der Waals surface area contributed by atoms with Gasteiger partial charge in [-0.2, -0.15) is 0 Å². The summed E-state index contributed by atoms with van der Waals surface area (Å²) in [5.74, 6) is -0.364. The van der Waals surface area contributed by atoms with Crippen LogP contribution >= 0.6 is 11.3 Å². The maximum Gasteiger partial charge on any atom is 0.146 e. The van der Waals surface area contributed by atoms with E-state index in [9.17, 15) is 4.39 Å². The Morgan fingerprint density at radius 1 is 1.39 bits per heavy atom. The lowest BCUT2D eigenvalue weighted by Gasteiger charge is -2.04. The quantitative estimate of drug-likeness (QED) is 0.817. The summed E-state index contributed by atoms with van der Waals surface area (Å²) in [6, 6.07) is 4.87. The third kappa shape index (κ3) is 3.27. The van der Waals surface area contributed by atoms with Crippen molar-refractivity contribution in [1.82, 2.24) is 10.3 Å². The molecule has 0 radical (unpaired) electrons. The fraction of sp³-hybridized carbons (Fsp3) is 0.308. The monoisotopic (exact) mass is 265 g/mol. The molecule has 0 aliphatic rings. The van der Waals surface area contributed by atoms with Gasteiger partial charge in [-0.15, -0.1) is 11.3 Å². The summed E-state index contributed by atoms with van der Waals surface area (Å²) in [4.78, 5) is 5.59. The summed E-state index contributed by atoms with van der Waals surface area (Å²) in [5, 5.41) is 4.30. The predicted molar refractivity (Wildman–Crippen MR) is 72.8 cm³/mol. The Balaban J connectivity index is 1.86.